The van der Waals surface area contributed by atoms with Crippen LogP contribution in [-0.4, -0.2) is 43.7 Å². The predicted molar refractivity (Wildman–Crippen MR) is 84.5 cm³/mol. The average molecular weight is 344 g/mol. The molecule has 24 heavy (non-hydrogen) atoms. The molecule has 1 amide bonds. The lowest BCUT2D eigenvalue weighted by molar-refractivity contribution is -0.137. The third-order valence-electron chi connectivity index (χ3n) is 4.08. The molecule has 2 rings (SSSR count). The summed E-state index contributed by atoms with van der Waals surface area (Å²) in [5.74, 6) is -0.0392. The molecule has 1 saturated heterocycles. The maximum absolute atomic E-state index is 12.7. The number of carbonyl (C=O) groups excluding carboxylic acids is 1. The number of halogens is 3. The second kappa shape index (κ2) is 8.48. The Bertz CT molecular complexity index is 526. The number of nitrogens with zero attached hydrogens (tertiary/aromatic N) is 1. The highest BCUT2D eigenvalue weighted by atomic mass is 19.4. The van der Waals surface area contributed by atoms with Crippen LogP contribution in [0.2, 0.25) is 0 Å². The number of rotatable bonds is 6. The molecule has 0 aromatic heterocycles. The van der Waals surface area contributed by atoms with Gasteiger partial charge >= 0.3 is 6.18 Å². The van der Waals surface area contributed by atoms with Gasteiger partial charge in [0, 0.05) is 26.1 Å². The van der Waals surface area contributed by atoms with Crippen LogP contribution in [-0.2, 0) is 15.7 Å². The molecule has 1 aromatic rings. The first-order chi connectivity index (χ1) is 11.4. The summed E-state index contributed by atoms with van der Waals surface area (Å²) in [4.78, 5) is 13.9. The van der Waals surface area contributed by atoms with Crippen molar-refractivity contribution < 1.29 is 22.7 Å². The van der Waals surface area contributed by atoms with Crippen molar-refractivity contribution in [3.63, 3.8) is 0 Å². The minimum atomic E-state index is -4.34. The minimum Gasteiger partial charge on any atom is -0.379 e. The SMILES string of the molecule is CCCC(=O)NC[C@H](c1ccc(C(F)(F)F)cc1)N1CCOCC1. The zero-order valence-corrected chi connectivity index (χ0v) is 13.7. The number of ether oxygens (including phenoxy) is 1. The smallest absolute Gasteiger partial charge is 0.379 e. The molecule has 4 nitrogen and oxygen atoms in total. The maximum Gasteiger partial charge on any atom is 0.416 e. The average Bonchev–Trinajstić information content (AvgIpc) is 2.56. The van der Waals surface area contributed by atoms with Gasteiger partial charge in [-0.1, -0.05) is 19.1 Å². The maximum atomic E-state index is 12.7. The number of carbonyl (C=O) groups is 1. The normalized spacial score (nSPS) is 17.5. The molecule has 0 unspecified atom stereocenters. The first kappa shape index (κ1) is 18.7. The van der Waals surface area contributed by atoms with E-state index in [1.165, 1.54) is 12.1 Å². The number of hydrogen-bond acceptors (Lipinski definition) is 3. The van der Waals surface area contributed by atoms with Crippen molar-refractivity contribution in [2.45, 2.75) is 32.0 Å². The summed E-state index contributed by atoms with van der Waals surface area (Å²) in [5.41, 5.74) is 0.101. The fraction of sp³-hybridized carbons (Fsp3) is 0.588. The molecule has 1 heterocycles. The Morgan fingerprint density at radius 2 is 1.88 bits per heavy atom. The van der Waals surface area contributed by atoms with Crippen LogP contribution in [0.5, 0.6) is 0 Å². The van der Waals surface area contributed by atoms with E-state index in [-0.39, 0.29) is 11.9 Å². The molecule has 1 atom stereocenters. The van der Waals surface area contributed by atoms with Gasteiger partial charge in [0.1, 0.15) is 0 Å². The second-order valence-corrected chi connectivity index (χ2v) is 5.84. The molecule has 0 radical (unpaired) electrons. The molecule has 0 bridgehead atoms. The van der Waals surface area contributed by atoms with Crippen LogP contribution >= 0.6 is 0 Å². The quantitative estimate of drug-likeness (QED) is 0.863. The van der Waals surface area contributed by atoms with Gasteiger partial charge in [-0.25, -0.2) is 0 Å². The lowest BCUT2D eigenvalue weighted by Gasteiger charge is -2.35. The molecule has 0 saturated carbocycles. The fourth-order valence-electron chi connectivity index (χ4n) is 2.77. The van der Waals surface area contributed by atoms with Gasteiger partial charge in [-0.3, -0.25) is 9.69 Å². The van der Waals surface area contributed by atoms with E-state index in [1.807, 2.05) is 6.92 Å². The lowest BCUT2D eigenvalue weighted by Crippen LogP contribution is -2.43. The summed E-state index contributed by atoms with van der Waals surface area (Å²) in [7, 11) is 0. The van der Waals surface area contributed by atoms with Gasteiger partial charge in [-0.2, -0.15) is 13.2 Å². The van der Waals surface area contributed by atoms with Crippen LogP contribution in [0.1, 0.15) is 36.9 Å². The molecule has 134 valence electrons. The van der Waals surface area contributed by atoms with Crippen LogP contribution in [0.3, 0.4) is 0 Å². The van der Waals surface area contributed by atoms with Crippen LogP contribution in [0.15, 0.2) is 24.3 Å². The number of benzene rings is 1. The monoisotopic (exact) mass is 344 g/mol. The molecule has 0 spiro atoms. The molecular weight excluding hydrogens is 321 g/mol. The Labute approximate surface area is 140 Å². The van der Waals surface area contributed by atoms with Gasteiger partial charge in [0.15, 0.2) is 0 Å². The summed E-state index contributed by atoms with van der Waals surface area (Å²) < 4.78 is 43.5. The van der Waals surface area contributed by atoms with Crippen molar-refractivity contribution in [2.75, 3.05) is 32.8 Å². The van der Waals surface area contributed by atoms with E-state index in [9.17, 15) is 18.0 Å². The van der Waals surface area contributed by atoms with Crippen LogP contribution in [0.4, 0.5) is 13.2 Å². The number of alkyl halides is 3. The minimum absolute atomic E-state index is 0.0392. The number of morpholine rings is 1. The molecule has 1 aliphatic rings. The summed E-state index contributed by atoms with van der Waals surface area (Å²) in [6.45, 7) is 4.85. The largest absolute Gasteiger partial charge is 0.416 e. The topological polar surface area (TPSA) is 41.6 Å². The van der Waals surface area contributed by atoms with E-state index < -0.39 is 11.7 Å². The van der Waals surface area contributed by atoms with Crippen LogP contribution in [0.25, 0.3) is 0 Å². The molecule has 1 aliphatic heterocycles. The Balaban J connectivity index is 2.13. The van der Waals surface area contributed by atoms with E-state index in [0.29, 0.717) is 39.3 Å². The van der Waals surface area contributed by atoms with E-state index >= 15 is 0 Å². The van der Waals surface area contributed by atoms with Crippen molar-refractivity contribution in [1.82, 2.24) is 10.2 Å². The molecular formula is C17H23F3N2O2. The second-order valence-electron chi connectivity index (χ2n) is 5.84. The number of amides is 1. The number of nitrogens with one attached hydrogen (secondary N) is 1. The summed E-state index contributed by atoms with van der Waals surface area (Å²) in [6.07, 6.45) is -3.14. The first-order valence-corrected chi connectivity index (χ1v) is 8.17. The van der Waals surface area contributed by atoms with E-state index in [0.717, 1.165) is 24.1 Å². The van der Waals surface area contributed by atoms with Crippen molar-refractivity contribution >= 4 is 5.91 Å². The Hall–Kier alpha value is -1.60. The van der Waals surface area contributed by atoms with Crippen molar-refractivity contribution in [3.05, 3.63) is 35.4 Å². The van der Waals surface area contributed by atoms with Crippen LogP contribution < -0.4 is 5.32 Å². The highest BCUT2D eigenvalue weighted by Gasteiger charge is 2.31. The van der Waals surface area contributed by atoms with Gasteiger partial charge in [0.2, 0.25) is 5.91 Å². The van der Waals surface area contributed by atoms with Crippen molar-refractivity contribution in [1.29, 1.82) is 0 Å². The highest BCUT2D eigenvalue weighted by Crippen LogP contribution is 2.31. The summed E-state index contributed by atoms with van der Waals surface area (Å²) in [6, 6.07) is 5.02. The standard InChI is InChI=1S/C17H23F3N2O2/c1-2-3-16(23)21-12-15(22-8-10-24-11-9-22)13-4-6-14(7-5-13)17(18,19)20/h4-7,15H,2-3,8-12H2,1H3,(H,21,23)/t15-/m1/s1. The zero-order chi connectivity index (χ0) is 17.6. The zero-order valence-electron chi connectivity index (χ0n) is 13.7. The lowest BCUT2D eigenvalue weighted by atomic mass is 10.0. The Kier molecular flexibility index (Phi) is 6.62. The van der Waals surface area contributed by atoms with Crippen molar-refractivity contribution in [3.8, 4) is 0 Å². The highest BCUT2D eigenvalue weighted by molar-refractivity contribution is 5.75. The van der Waals surface area contributed by atoms with E-state index in [2.05, 4.69) is 10.2 Å². The summed E-state index contributed by atoms with van der Waals surface area (Å²) >= 11 is 0. The molecule has 1 fully saturated rings. The van der Waals surface area contributed by atoms with Gasteiger partial charge < -0.3 is 10.1 Å². The first-order valence-electron chi connectivity index (χ1n) is 8.17. The van der Waals surface area contributed by atoms with Crippen molar-refractivity contribution in [2.24, 2.45) is 0 Å². The van der Waals surface area contributed by atoms with Gasteiger partial charge in [-0.15, -0.1) is 0 Å². The Morgan fingerprint density at radius 3 is 2.42 bits per heavy atom. The third kappa shape index (κ3) is 5.21. The third-order valence-corrected chi connectivity index (χ3v) is 4.08. The van der Waals surface area contributed by atoms with Gasteiger partial charge in [-0.05, 0) is 24.1 Å². The van der Waals surface area contributed by atoms with E-state index in [4.69, 9.17) is 4.74 Å². The molecule has 0 aliphatic carbocycles. The Morgan fingerprint density at radius 1 is 1.25 bits per heavy atom. The van der Waals surface area contributed by atoms with Crippen LogP contribution in [0, 0.1) is 0 Å². The molecule has 1 aromatic carbocycles. The van der Waals surface area contributed by atoms with E-state index in [1.54, 1.807) is 0 Å². The fourth-order valence-corrected chi connectivity index (χ4v) is 2.77. The molecule has 7 heteroatoms. The summed E-state index contributed by atoms with van der Waals surface area (Å²) in [5, 5.41) is 2.88. The number of hydrogen-bond donors (Lipinski definition) is 1. The van der Waals surface area contributed by atoms with Gasteiger partial charge in [0.25, 0.3) is 0 Å². The predicted octanol–water partition coefficient (Wildman–Crippen LogP) is 3.00. The van der Waals surface area contributed by atoms with Gasteiger partial charge in [0.05, 0.1) is 24.8 Å². The molecule has 1 N–H and O–H groups in total.